The van der Waals surface area contributed by atoms with Gasteiger partial charge in [0, 0.05) is 11.8 Å². The van der Waals surface area contributed by atoms with Crippen LogP contribution < -0.4 is 4.74 Å². The highest BCUT2D eigenvalue weighted by atomic mass is 16.5. The molecule has 2 heteroatoms. The Balaban J connectivity index is 1.77. The predicted octanol–water partition coefficient (Wildman–Crippen LogP) is 7.22. The second-order valence-electron chi connectivity index (χ2n) is 7.15. The van der Waals surface area contributed by atoms with Crippen molar-refractivity contribution in [3.63, 3.8) is 0 Å². The van der Waals surface area contributed by atoms with Gasteiger partial charge in [-0.05, 0) is 55.2 Å². The number of nitrogens with zero attached hydrogens (tertiary/aromatic N) is 1. The fourth-order valence-corrected chi connectivity index (χ4v) is 3.12. The molecule has 1 aromatic carbocycles. The van der Waals surface area contributed by atoms with Gasteiger partial charge in [-0.25, -0.2) is 0 Å². The predicted molar refractivity (Wildman–Crippen MR) is 112 cm³/mol. The Hall–Kier alpha value is -1.83. The first-order chi connectivity index (χ1) is 12.8. The van der Waals surface area contributed by atoms with Crippen molar-refractivity contribution < 1.29 is 4.74 Å². The molecule has 0 aliphatic rings. The van der Waals surface area contributed by atoms with Crippen molar-refractivity contribution in [2.24, 2.45) is 0 Å². The third-order valence-corrected chi connectivity index (χ3v) is 4.81. The number of ether oxygens (including phenoxy) is 1. The van der Waals surface area contributed by atoms with E-state index in [2.05, 4.69) is 55.2 Å². The lowest BCUT2D eigenvalue weighted by Crippen LogP contribution is -1.97. The molecule has 0 unspecified atom stereocenters. The number of unbranched alkanes of at least 4 members (excludes halogenated alkanes) is 7. The lowest BCUT2D eigenvalue weighted by molar-refractivity contribution is 0.305. The van der Waals surface area contributed by atoms with Crippen LogP contribution in [0.3, 0.4) is 0 Å². The molecule has 0 aliphatic heterocycles. The van der Waals surface area contributed by atoms with E-state index < -0.39 is 0 Å². The number of hydrogen-bond acceptors (Lipinski definition) is 2. The number of rotatable bonds is 13. The third-order valence-electron chi connectivity index (χ3n) is 4.81. The summed E-state index contributed by atoms with van der Waals surface area (Å²) in [6.07, 6.45) is 14.7. The minimum atomic E-state index is 0.810. The zero-order valence-corrected chi connectivity index (χ0v) is 16.7. The first-order valence-corrected chi connectivity index (χ1v) is 10.5. The number of aromatic nitrogens is 1. The van der Waals surface area contributed by atoms with Gasteiger partial charge in [0.1, 0.15) is 5.75 Å². The Morgan fingerprint density at radius 2 is 1.42 bits per heavy atom. The van der Waals surface area contributed by atoms with Crippen molar-refractivity contribution >= 4 is 0 Å². The van der Waals surface area contributed by atoms with Crippen LogP contribution in [-0.2, 0) is 6.42 Å². The van der Waals surface area contributed by atoms with Gasteiger partial charge < -0.3 is 4.74 Å². The minimum Gasteiger partial charge on any atom is -0.494 e. The van der Waals surface area contributed by atoms with E-state index in [0.29, 0.717) is 0 Å². The molecule has 0 N–H and O–H groups in total. The zero-order valence-electron chi connectivity index (χ0n) is 16.7. The van der Waals surface area contributed by atoms with Crippen LogP contribution >= 0.6 is 0 Å². The van der Waals surface area contributed by atoms with Crippen molar-refractivity contribution in [2.45, 2.75) is 78.1 Å². The van der Waals surface area contributed by atoms with Crippen molar-refractivity contribution in [1.29, 1.82) is 0 Å². The van der Waals surface area contributed by atoms with Crippen LogP contribution in [0.1, 0.15) is 77.2 Å². The molecule has 2 rings (SSSR count). The second kappa shape index (κ2) is 12.5. The second-order valence-corrected chi connectivity index (χ2v) is 7.15. The Kier molecular flexibility index (Phi) is 9.86. The average Bonchev–Trinajstić information content (AvgIpc) is 2.69. The molecule has 2 nitrogen and oxygen atoms in total. The van der Waals surface area contributed by atoms with E-state index in [4.69, 9.17) is 4.74 Å². The summed E-state index contributed by atoms with van der Waals surface area (Å²) >= 11 is 0. The normalized spacial score (nSPS) is 10.8. The summed E-state index contributed by atoms with van der Waals surface area (Å²) in [5.41, 5.74) is 3.53. The Morgan fingerprint density at radius 1 is 0.731 bits per heavy atom. The highest BCUT2D eigenvalue weighted by molar-refractivity contribution is 5.60. The molecule has 0 aliphatic carbocycles. The summed E-state index contributed by atoms with van der Waals surface area (Å²) in [5, 5.41) is 0. The van der Waals surface area contributed by atoms with Gasteiger partial charge >= 0.3 is 0 Å². The maximum atomic E-state index is 5.81. The highest BCUT2D eigenvalue weighted by Crippen LogP contribution is 2.21. The summed E-state index contributed by atoms with van der Waals surface area (Å²) in [6.45, 7) is 5.30. The van der Waals surface area contributed by atoms with E-state index in [9.17, 15) is 0 Å². The third kappa shape index (κ3) is 7.59. The largest absolute Gasteiger partial charge is 0.494 e. The Labute approximate surface area is 160 Å². The van der Waals surface area contributed by atoms with Crippen molar-refractivity contribution in [2.75, 3.05) is 6.61 Å². The van der Waals surface area contributed by atoms with Crippen molar-refractivity contribution in [1.82, 2.24) is 4.98 Å². The fourth-order valence-electron chi connectivity index (χ4n) is 3.12. The lowest BCUT2D eigenvalue weighted by atomic mass is 10.1. The van der Waals surface area contributed by atoms with Crippen LogP contribution in [0, 0.1) is 0 Å². The molecular formula is C24H35NO. The van der Waals surface area contributed by atoms with E-state index in [1.165, 1.54) is 56.9 Å². The summed E-state index contributed by atoms with van der Waals surface area (Å²) in [7, 11) is 0. The van der Waals surface area contributed by atoms with Crippen LogP contribution in [-0.4, -0.2) is 11.6 Å². The summed E-state index contributed by atoms with van der Waals surface area (Å²) in [5.74, 6) is 0.953. The molecule has 0 bridgehead atoms. The molecule has 0 amide bonds. The monoisotopic (exact) mass is 353 g/mol. The molecule has 2 aromatic rings. The fraction of sp³-hybridized carbons (Fsp3) is 0.542. The van der Waals surface area contributed by atoms with E-state index in [-0.39, 0.29) is 0 Å². The Bertz CT molecular complexity index is 533. The molecule has 0 saturated heterocycles. The maximum Gasteiger partial charge on any atom is 0.119 e. The molecular weight excluding hydrogens is 318 g/mol. The summed E-state index contributed by atoms with van der Waals surface area (Å²) in [6, 6.07) is 12.7. The van der Waals surface area contributed by atoms with E-state index >= 15 is 0 Å². The molecule has 142 valence electrons. The topological polar surface area (TPSA) is 22.1 Å². The number of hydrogen-bond donors (Lipinski definition) is 0. The smallest absolute Gasteiger partial charge is 0.119 e. The molecule has 26 heavy (non-hydrogen) atoms. The average molecular weight is 354 g/mol. The molecule has 1 aromatic heterocycles. The van der Waals surface area contributed by atoms with E-state index in [1.807, 2.05) is 6.20 Å². The quantitative estimate of drug-likeness (QED) is 0.355. The molecule has 0 spiro atoms. The Morgan fingerprint density at radius 3 is 2.08 bits per heavy atom. The van der Waals surface area contributed by atoms with Gasteiger partial charge in [0.05, 0.1) is 12.3 Å². The minimum absolute atomic E-state index is 0.810. The van der Waals surface area contributed by atoms with Crippen LogP contribution in [0.15, 0.2) is 42.6 Å². The number of benzene rings is 1. The first-order valence-electron chi connectivity index (χ1n) is 10.5. The van der Waals surface area contributed by atoms with Crippen molar-refractivity contribution in [3.8, 4) is 17.0 Å². The van der Waals surface area contributed by atoms with Crippen LogP contribution in [0.4, 0.5) is 0 Å². The first kappa shape index (κ1) is 20.5. The SMILES string of the molecule is CCCCCCCc1ccc(-c2ccc(OCCCCCC)cc2)nc1. The molecule has 0 atom stereocenters. The lowest BCUT2D eigenvalue weighted by Gasteiger charge is -2.08. The highest BCUT2D eigenvalue weighted by Gasteiger charge is 2.02. The van der Waals surface area contributed by atoms with Gasteiger partial charge in [-0.15, -0.1) is 0 Å². The summed E-state index contributed by atoms with van der Waals surface area (Å²) < 4.78 is 5.81. The number of pyridine rings is 1. The van der Waals surface area contributed by atoms with Gasteiger partial charge in [-0.2, -0.15) is 0 Å². The standard InChI is InChI=1S/C24H35NO/c1-3-5-7-9-10-12-21-13-18-24(25-20-21)22-14-16-23(17-15-22)26-19-11-8-6-4-2/h13-18,20H,3-12,19H2,1-2H3. The van der Waals surface area contributed by atoms with Gasteiger partial charge in [0.15, 0.2) is 0 Å². The maximum absolute atomic E-state index is 5.81. The van der Waals surface area contributed by atoms with Gasteiger partial charge in [0.2, 0.25) is 0 Å². The molecule has 0 fully saturated rings. The van der Waals surface area contributed by atoms with E-state index in [1.54, 1.807) is 0 Å². The molecule has 0 saturated carbocycles. The van der Waals surface area contributed by atoms with Gasteiger partial charge in [0.25, 0.3) is 0 Å². The summed E-state index contributed by atoms with van der Waals surface area (Å²) in [4.78, 5) is 4.65. The zero-order chi connectivity index (χ0) is 18.5. The van der Waals surface area contributed by atoms with E-state index in [0.717, 1.165) is 36.5 Å². The number of aryl methyl sites for hydroxylation is 1. The van der Waals surface area contributed by atoms with Crippen LogP contribution in [0.5, 0.6) is 5.75 Å². The van der Waals surface area contributed by atoms with Crippen LogP contribution in [0.2, 0.25) is 0 Å². The van der Waals surface area contributed by atoms with Crippen LogP contribution in [0.25, 0.3) is 11.3 Å². The van der Waals surface area contributed by atoms with Crippen molar-refractivity contribution in [3.05, 3.63) is 48.2 Å². The van der Waals surface area contributed by atoms with Gasteiger partial charge in [-0.1, -0.05) is 64.9 Å². The van der Waals surface area contributed by atoms with Gasteiger partial charge in [-0.3, -0.25) is 4.98 Å². The molecule has 1 heterocycles. The molecule has 0 radical (unpaired) electrons.